The maximum Gasteiger partial charge on any atom is 0.0431 e. The van der Waals surface area contributed by atoms with Crippen molar-refractivity contribution in [2.45, 2.75) is 30.6 Å². The Morgan fingerprint density at radius 1 is 1.31 bits per heavy atom. The molecule has 2 N–H and O–H groups in total. The normalized spacial score (nSPS) is 14.6. The number of hydrogen-bond donors (Lipinski definition) is 2. The van der Waals surface area contributed by atoms with Crippen molar-refractivity contribution in [3.63, 3.8) is 0 Å². The van der Waals surface area contributed by atoms with E-state index < -0.39 is 0 Å². The fourth-order valence-electron chi connectivity index (χ4n) is 1.94. The van der Waals surface area contributed by atoms with Crippen LogP contribution in [-0.4, -0.2) is 24.0 Å². The molecule has 1 aliphatic heterocycles. The van der Waals surface area contributed by atoms with E-state index in [1.54, 1.807) is 0 Å². The average molecular weight is 237 g/mol. The van der Waals surface area contributed by atoms with Gasteiger partial charge in [-0.3, -0.25) is 0 Å². The van der Waals surface area contributed by atoms with Crippen molar-refractivity contribution in [3.8, 4) is 0 Å². The Kier molecular flexibility index (Phi) is 4.55. The van der Waals surface area contributed by atoms with Gasteiger partial charge in [0.15, 0.2) is 0 Å². The zero-order valence-electron chi connectivity index (χ0n) is 9.54. The maximum atomic E-state index is 8.69. The predicted octanol–water partition coefficient (Wildman–Crippen LogP) is 2.91. The van der Waals surface area contributed by atoms with Crippen LogP contribution in [0.3, 0.4) is 0 Å². The van der Waals surface area contributed by atoms with Gasteiger partial charge in [0, 0.05) is 23.7 Å². The zero-order chi connectivity index (χ0) is 11.2. The molecule has 0 unspecified atom stereocenters. The quantitative estimate of drug-likeness (QED) is 0.772. The monoisotopic (exact) mass is 237 g/mol. The van der Waals surface area contributed by atoms with Crippen LogP contribution in [0.4, 0.5) is 5.69 Å². The number of thioether (sulfide) groups is 1. The van der Waals surface area contributed by atoms with Crippen molar-refractivity contribution in [1.29, 1.82) is 0 Å². The summed E-state index contributed by atoms with van der Waals surface area (Å²) in [5.74, 6) is 1.26. The van der Waals surface area contributed by atoms with Crippen LogP contribution in [-0.2, 0) is 6.42 Å². The standard InChI is InChI=1S/C13H19NOS/c15-8-2-1-7-14-12-5-6-13-11(10-12)4-3-9-16-13/h5-6,10,14-15H,1-4,7-9H2. The number of aliphatic hydroxyl groups is 1. The number of fused-ring (bicyclic) bond motifs is 1. The first kappa shape index (κ1) is 11.8. The van der Waals surface area contributed by atoms with Crippen molar-refractivity contribution in [3.05, 3.63) is 23.8 Å². The second kappa shape index (κ2) is 6.16. The molecule has 1 aromatic rings. The largest absolute Gasteiger partial charge is 0.396 e. The third-order valence-electron chi connectivity index (χ3n) is 2.82. The average Bonchev–Trinajstić information content (AvgIpc) is 2.34. The minimum atomic E-state index is 0.294. The Labute approximate surface area is 101 Å². The fourth-order valence-corrected chi connectivity index (χ4v) is 2.96. The SMILES string of the molecule is OCCCCNc1ccc2c(c1)CCCS2. The summed E-state index contributed by atoms with van der Waals surface area (Å²) in [6, 6.07) is 6.67. The first-order valence-electron chi connectivity index (χ1n) is 6.00. The van der Waals surface area contributed by atoms with Gasteiger partial charge >= 0.3 is 0 Å². The van der Waals surface area contributed by atoms with Gasteiger partial charge < -0.3 is 10.4 Å². The third kappa shape index (κ3) is 3.16. The number of nitrogens with one attached hydrogen (secondary N) is 1. The van der Waals surface area contributed by atoms with Crippen LogP contribution in [0, 0.1) is 0 Å². The summed E-state index contributed by atoms with van der Waals surface area (Å²) in [6.07, 6.45) is 4.43. The van der Waals surface area contributed by atoms with E-state index in [1.807, 2.05) is 11.8 Å². The first-order valence-corrected chi connectivity index (χ1v) is 6.99. The van der Waals surface area contributed by atoms with Crippen LogP contribution in [0.25, 0.3) is 0 Å². The molecule has 3 heteroatoms. The molecule has 0 radical (unpaired) electrons. The first-order chi connectivity index (χ1) is 7.90. The molecule has 1 aliphatic rings. The summed E-state index contributed by atoms with van der Waals surface area (Å²) >= 11 is 1.97. The molecule has 1 aromatic carbocycles. The smallest absolute Gasteiger partial charge is 0.0431 e. The van der Waals surface area contributed by atoms with Crippen LogP contribution < -0.4 is 5.32 Å². The van der Waals surface area contributed by atoms with E-state index in [0.29, 0.717) is 6.61 Å². The highest BCUT2D eigenvalue weighted by Crippen LogP contribution is 2.31. The maximum absolute atomic E-state index is 8.69. The van der Waals surface area contributed by atoms with E-state index in [-0.39, 0.29) is 0 Å². The molecule has 2 nitrogen and oxygen atoms in total. The molecule has 0 spiro atoms. The lowest BCUT2D eigenvalue weighted by atomic mass is 10.1. The van der Waals surface area contributed by atoms with E-state index >= 15 is 0 Å². The van der Waals surface area contributed by atoms with Crippen LogP contribution in [0.15, 0.2) is 23.1 Å². The Balaban J connectivity index is 1.90. The van der Waals surface area contributed by atoms with Crippen molar-refractivity contribution < 1.29 is 5.11 Å². The number of unbranched alkanes of at least 4 members (excludes halogenated alkanes) is 1. The number of anilines is 1. The van der Waals surface area contributed by atoms with Crippen LogP contribution in [0.5, 0.6) is 0 Å². The van der Waals surface area contributed by atoms with Crippen LogP contribution in [0.1, 0.15) is 24.8 Å². The summed E-state index contributed by atoms with van der Waals surface area (Å²) in [7, 11) is 0. The number of hydrogen-bond acceptors (Lipinski definition) is 3. The molecule has 0 saturated heterocycles. The van der Waals surface area contributed by atoms with Gasteiger partial charge in [-0.15, -0.1) is 11.8 Å². The van der Waals surface area contributed by atoms with E-state index in [2.05, 4.69) is 23.5 Å². The lowest BCUT2D eigenvalue weighted by Gasteiger charge is -2.16. The molecule has 0 amide bonds. The Morgan fingerprint density at radius 3 is 3.12 bits per heavy atom. The molecule has 0 atom stereocenters. The van der Waals surface area contributed by atoms with Crippen molar-refractivity contribution in [1.82, 2.24) is 0 Å². The Hall–Kier alpha value is -0.670. The zero-order valence-corrected chi connectivity index (χ0v) is 10.4. The summed E-state index contributed by atoms with van der Waals surface area (Å²) < 4.78 is 0. The Morgan fingerprint density at radius 2 is 2.25 bits per heavy atom. The summed E-state index contributed by atoms with van der Waals surface area (Å²) in [5.41, 5.74) is 2.71. The van der Waals surface area contributed by atoms with E-state index in [0.717, 1.165) is 19.4 Å². The van der Waals surface area contributed by atoms with Crippen molar-refractivity contribution in [2.24, 2.45) is 0 Å². The topological polar surface area (TPSA) is 32.3 Å². The lowest BCUT2D eigenvalue weighted by Crippen LogP contribution is -2.04. The molecule has 0 aromatic heterocycles. The van der Waals surface area contributed by atoms with Gasteiger partial charge in [0.05, 0.1) is 0 Å². The third-order valence-corrected chi connectivity index (χ3v) is 4.02. The fraction of sp³-hybridized carbons (Fsp3) is 0.538. The van der Waals surface area contributed by atoms with E-state index in [9.17, 15) is 0 Å². The highest BCUT2D eigenvalue weighted by Gasteiger charge is 2.09. The van der Waals surface area contributed by atoms with Crippen LogP contribution in [0.2, 0.25) is 0 Å². The van der Waals surface area contributed by atoms with Gasteiger partial charge in [-0.25, -0.2) is 0 Å². The highest BCUT2D eigenvalue weighted by atomic mass is 32.2. The molecule has 0 bridgehead atoms. The molecule has 16 heavy (non-hydrogen) atoms. The van der Waals surface area contributed by atoms with Gasteiger partial charge in [-0.1, -0.05) is 0 Å². The van der Waals surface area contributed by atoms with Gasteiger partial charge in [0.2, 0.25) is 0 Å². The molecule has 0 aliphatic carbocycles. The number of aryl methyl sites for hydroxylation is 1. The van der Waals surface area contributed by atoms with Gasteiger partial charge in [0.1, 0.15) is 0 Å². The molecular formula is C13H19NOS. The summed E-state index contributed by atoms with van der Waals surface area (Å²) in [4.78, 5) is 1.45. The predicted molar refractivity (Wildman–Crippen MR) is 70.3 cm³/mol. The number of rotatable bonds is 5. The number of benzene rings is 1. The van der Waals surface area contributed by atoms with Gasteiger partial charge in [-0.05, 0) is 55.2 Å². The Bertz CT molecular complexity index is 341. The van der Waals surface area contributed by atoms with E-state index in [1.165, 1.54) is 34.7 Å². The second-order valence-corrected chi connectivity index (χ2v) is 5.27. The minimum Gasteiger partial charge on any atom is -0.396 e. The van der Waals surface area contributed by atoms with Gasteiger partial charge in [-0.2, -0.15) is 0 Å². The highest BCUT2D eigenvalue weighted by molar-refractivity contribution is 7.99. The van der Waals surface area contributed by atoms with E-state index in [4.69, 9.17) is 5.11 Å². The minimum absolute atomic E-state index is 0.294. The van der Waals surface area contributed by atoms with Crippen LogP contribution >= 0.6 is 11.8 Å². The molecule has 1 heterocycles. The second-order valence-electron chi connectivity index (χ2n) is 4.13. The summed E-state index contributed by atoms with van der Waals surface area (Å²) in [6.45, 7) is 1.25. The van der Waals surface area contributed by atoms with Crippen molar-refractivity contribution in [2.75, 3.05) is 24.2 Å². The van der Waals surface area contributed by atoms with Gasteiger partial charge in [0.25, 0.3) is 0 Å². The molecule has 0 saturated carbocycles. The molecule has 88 valence electrons. The summed E-state index contributed by atoms with van der Waals surface area (Å²) in [5, 5.41) is 12.1. The number of aliphatic hydroxyl groups excluding tert-OH is 1. The van der Waals surface area contributed by atoms with Crippen molar-refractivity contribution >= 4 is 17.4 Å². The molecule has 2 rings (SSSR count). The molecular weight excluding hydrogens is 218 g/mol. The molecule has 0 fully saturated rings. The lowest BCUT2D eigenvalue weighted by molar-refractivity contribution is 0.286.